The van der Waals surface area contributed by atoms with Gasteiger partial charge in [0.05, 0.1) is 18.3 Å². The summed E-state index contributed by atoms with van der Waals surface area (Å²) in [5.41, 5.74) is 1.07. The summed E-state index contributed by atoms with van der Waals surface area (Å²) in [4.78, 5) is 7.20. The van der Waals surface area contributed by atoms with Gasteiger partial charge in [0.2, 0.25) is 5.95 Å². The SMILES string of the molecule is CCN(c1nc(C)cn1C(C)COC)C1CCCNC1. The van der Waals surface area contributed by atoms with E-state index in [0.717, 1.165) is 31.3 Å². The highest BCUT2D eigenvalue weighted by Gasteiger charge is 2.25. The minimum atomic E-state index is 0.307. The molecule has 1 N–H and O–H groups in total. The minimum absolute atomic E-state index is 0.307. The number of anilines is 1. The smallest absolute Gasteiger partial charge is 0.206 e. The maximum atomic E-state index is 5.30. The van der Waals surface area contributed by atoms with Gasteiger partial charge in [0.1, 0.15) is 0 Å². The molecule has 20 heavy (non-hydrogen) atoms. The molecule has 0 radical (unpaired) electrons. The minimum Gasteiger partial charge on any atom is -0.383 e. The van der Waals surface area contributed by atoms with Crippen molar-refractivity contribution in [3.63, 3.8) is 0 Å². The van der Waals surface area contributed by atoms with Crippen LogP contribution in [-0.2, 0) is 4.74 Å². The van der Waals surface area contributed by atoms with Crippen molar-refractivity contribution in [3.8, 4) is 0 Å². The topological polar surface area (TPSA) is 42.3 Å². The number of ether oxygens (including phenoxy) is 1. The van der Waals surface area contributed by atoms with Gasteiger partial charge in [0.15, 0.2) is 0 Å². The Morgan fingerprint density at radius 2 is 2.40 bits per heavy atom. The van der Waals surface area contributed by atoms with Crippen molar-refractivity contribution in [1.29, 1.82) is 0 Å². The Morgan fingerprint density at radius 3 is 3.00 bits per heavy atom. The molecule has 2 unspecified atom stereocenters. The van der Waals surface area contributed by atoms with Crippen LogP contribution in [0.1, 0.15) is 38.4 Å². The first kappa shape index (κ1) is 15.3. The molecule has 1 aromatic heterocycles. The summed E-state index contributed by atoms with van der Waals surface area (Å²) in [5, 5.41) is 3.50. The van der Waals surface area contributed by atoms with Crippen molar-refractivity contribution in [2.75, 3.05) is 38.3 Å². The highest BCUT2D eigenvalue weighted by molar-refractivity contribution is 5.36. The van der Waals surface area contributed by atoms with Crippen LogP contribution in [0.2, 0.25) is 0 Å². The van der Waals surface area contributed by atoms with Crippen LogP contribution >= 0.6 is 0 Å². The predicted octanol–water partition coefficient (Wildman–Crippen LogP) is 1.98. The van der Waals surface area contributed by atoms with Crippen LogP contribution in [0, 0.1) is 6.92 Å². The lowest BCUT2D eigenvalue weighted by Crippen LogP contribution is -2.47. The molecule has 0 bridgehead atoms. The van der Waals surface area contributed by atoms with Crippen molar-refractivity contribution < 1.29 is 4.74 Å². The van der Waals surface area contributed by atoms with Crippen LogP contribution in [0.4, 0.5) is 5.95 Å². The first-order valence-electron chi connectivity index (χ1n) is 7.69. The molecule has 5 nitrogen and oxygen atoms in total. The van der Waals surface area contributed by atoms with Gasteiger partial charge in [-0.1, -0.05) is 0 Å². The van der Waals surface area contributed by atoms with E-state index in [4.69, 9.17) is 9.72 Å². The van der Waals surface area contributed by atoms with Gasteiger partial charge in [-0.2, -0.15) is 0 Å². The van der Waals surface area contributed by atoms with Crippen LogP contribution < -0.4 is 10.2 Å². The van der Waals surface area contributed by atoms with E-state index in [1.165, 1.54) is 12.8 Å². The Kier molecular flexibility index (Phi) is 5.43. The van der Waals surface area contributed by atoms with E-state index in [1.807, 2.05) is 0 Å². The van der Waals surface area contributed by atoms with Gasteiger partial charge in [-0.25, -0.2) is 4.98 Å². The summed E-state index contributed by atoms with van der Waals surface area (Å²) in [6, 6.07) is 0.853. The summed E-state index contributed by atoms with van der Waals surface area (Å²) >= 11 is 0. The molecular formula is C15H28N4O. The highest BCUT2D eigenvalue weighted by Crippen LogP contribution is 2.24. The van der Waals surface area contributed by atoms with Crippen molar-refractivity contribution in [1.82, 2.24) is 14.9 Å². The Bertz CT molecular complexity index is 412. The zero-order chi connectivity index (χ0) is 14.5. The van der Waals surface area contributed by atoms with Gasteiger partial charge >= 0.3 is 0 Å². The first-order chi connectivity index (χ1) is 9.67. The lowest BCUT2D eigenvalue weighted by molar-refractivity contribution is 0.162. The monoisotopic (exact) mass is 280 g/mol. The molecule has 0 aromatic carbocycles. The first-order valence-corrected chi connectivity index (χ1v) is 7.69. The third kappa shape index (κ3) is 3.33. The van der Waals surface area contributed by atoms with E-state index in [9.17, 15) is 0 Å². The number of nitrogens with one attached hydrogen (secondary N) is 1. The number of likely N-dealkylation sites (N-methyl/N-ethyl adjacent to an activating group) is 1. The van der Waals surface area contributed by atoms with Gasteiger partial charge in [0.25, 0.3) is 0 Å². The molecule has 1 saturated heterocycles. The Hall–Kier alpha value is -1.07. The Labute approximate surface area is 122 Å². The fourth-order valence-corrected chi connectivity index (χ4v) is 3.02. The van der Waals surface area contributed by atoms with Crippen LogP contribution in [0.15, 0.2) is 6.20 Å². The average molecular weight is 280 g/mol. The number of nitrogens with zero attached hydrogens (tertiary/aromatic N) is 3. The van der Waals surface area contributed by atoms with Crippen LogP contribution in [-0.4, -0.2) is 48.9 Å². The lowest BCUT2D eigenvalue weighted by atomic mass is 10.1. The van der Waals surface area contributed by atoms with Crippen molar-refractivity contribution in [2.45, 2.75) is 45.7 Å². The second-order valence-electron chi connectivity index (χ2n) is 5.68. The molecule has 2 atom stereocenters. The lowest BCUT2D eigenvalue weighted by Gasteiger charge is -2.35. The maximum Gasteiger partial charge on any atom is 0.206 e. The third-order valence-electron chi connectivity index (χ3n) is 4.03. The molecule has 5 heteroatoms. The molecule has 114 valence electrons. The molecule has 0 amide bonds. The van der Waals surface area contributed by atoms with Gasteiger partial charge in [0, 0.05) is 32.4 Å². The van der Waals surface area contributed by atoms with Crippen molar-refractivity contribution in [2.24, 2.45) is 0 Å². The molecule has 0 saturated carbocycles. The summed E-state index contributed by atoms with van der Waals surface area (Å²) in [6.07, 6.45) is 4.62. The largest absolute Gasteiger partial charge is 0.383 e. The van der Waals surface area contributed by atoms with Gasteiger partial charge in [-0.05, 0) is 40.2 Å². The van der Waals surface area contributed by atoms with E-state index in [2.05, 4.69) is 41.8 Å². The standard InChI is InChI=1S/C15H28N4O/c1-5-18(14-7-6-8-16-9-14)15-17-12(2)10-19(15)13(3)11-20-4/h10,13-14,16H,5-9,11H2,1-4H3. The molecule has 1 aromatic rings. The Morgan fingerprint density at radius 1 is 1.60 bits per heavy atom. The van der Waals surface area contributed by atoms with Gasteiger partial charge < -0.3 is 19.5 Å². The van der Waals surface area contributed by atoms with E-state index in [-0.39, 0.29) is 0 Å². The fourth-order valence-electron chi connectivity index (χ4n) is 3.02. The molecule has 1 fully saturated rings. The van der Waals surface area contributed by atoms with E-state index in [1.54, 1.807) is 7.11 Å². The summed E-state index contributed by atoms with van der Waals surface area (Å²) in [5.74, 6) is 1.09. The van der Waals surface area contributed by atoms with E-state index >= 15 is 0 Å². The van der Waals surface area contributed by atoms with Gasteiger partial charge in [-0.3, -0.25) is 0 Å². The third-order valence-corrected chi connectivity index (χ3v) is 4.03. The number of methoxy groups -OCH3 is 1. The van der Waals surface area contributed by atoms with Crippen LogP contribution in [0.3, 0.4) is 0 Å². The number of hydrogen-bond acceptors (Lipinski definition) is 4. The second-order valence-corrected chi connectivity index (χ2v) is 5.68. The highest BCUT2D eigenvalue weighted by atomic mass is 16.5. The summed E-state index contributed by atoms with van der Waals surface area (Å²) < 4.78 is 7.56. The molecule has 2 rings (SSSR count). The van der Waals surface area contributed by atoms with Crippen molar-refractivity contribution >= 4 is 5.95 Å². The molecule has 2 heterocycles. The average Bonchev–Trinajstić information content (AvgIpc) is 2.83. The van der Waals surface area contributed by atoms with Gasteiger partial charge in [-0.15, -0.1) is 0 Å². The molecule has 0 aliphatic carbocycles. The fraction of sp³-hybridized carbons (Fsp3) is 0.800. The predicted molar refractivity (Wildman–Crippen MR) is 82.5 cm³/mol. The molecule has 1 aliphatic heterocycles. The second kappa shape index (κ2) is 7.09. The number of piperidine rings is 1. The van der Waals surface area contributed by atoms with Crippen LogP contribution in [0.5, 0.6) is 0 Å². The number of imidazole rings is 1. The Balaban J connectivity index is 2.23. The number of rotatable bonds is 6. The summed E-state index contributed by atoms with van der Waals surface area (Å²) in [7, 11) is 1.75. The molecule has 0 spiro atoms. The number of aromatic nitrogens is 2. The number of hydrogen-bond donors (Lipinski definition) is 1. The zero-order valence-corrected chi connectivity index (χ0v) is 13.2. The van der Waals surface area contributed by atoms with Crippen LogP contribution in [0.25, 0.3) is 0 Å². The molecular weight excluding hydrogens is 252 g/mol. The normalized spacial score (nSPS) is 20.9. The van der Waals surface area contributed by atoms with Crippen molar-refractivity contribution in [3.05, 3.63) is 11.9 Å². The zero-order valence-electron chi connectivity index (χ0n) is 13.2. The van der Waals surface area contributed by atoms with E-state index < -0.39 is 0 Å². The molecule has 1 aliphatic rings. The van der Waals surface area contributed by atoms with E-state index in [0.29, 0.717) is 18.7 Å². The quantitative estimate of drug-likeness (QED) is 0.865. The number of aryl methyl sites for hydroxylation is 1. The summed E-state index contributed by atoms with van der Waals surface area (Å²) in [6.45, 7) is 10.4. The maximum absolute atomic E-state index is 5.30.